The number of carbonyl (C=O) groups excluding carboxylic acids is 1. The molecule has 0 amide bonds. The van der Waals surface area contributed by atoms with Crippen LogP contribution in [0.25, 0.3) is 6.08 Å². The highest BCUT2D eigenvalue weighted by Gasteiger charge is 2.43. The Morgan fingerprint density at radius 3 is 2.69 bits per heavy atom. The number of ether oxygens (including phenoxy) is 4. The van der Waals surface area contributed by atoms with Crippen LogP contribution >= 0.6 is 0 Å². The monoisotopic (exact) mass is 491 g/mol. The van der Waals surface area contributed by atoms with E-state index < -0.39 is 30.7 Å². The highest BCUT2D eigenvalue weighted by molar-refractivity contribution is 5.87. The molecule has 0 spiro atoms. The Hall–Kier alpha value is -2.17. The van der Waals surface area contributed by atoms with Crippen LogP contribution < -0.4 is 9.47 Å². The average Bonchev–Trinajstić information content (AvgIpc) is 2.88. The number of esters is 1. The Morgan fingerprint density at radius 1 is 1.09 bits per heavy atom. The number of hydrogen-bond acceptors (Lipinski definition) is 9. The minimum Gasteiger partial charge on any atom is -0.493 e. The predicted octanol–water partition coefficient (Wildman–Crippen LogP) is 1.72. The summed E-state index contributed by atoms with van der Waals surface area (Å²) in [6, 6.07) is 5.57. The number of nitrogens with zero attached hydrogens (tertiary/aromatic N) is 1. The van der Waals surface area contributed by atoms with Gasteiger partial charge in [-0.2, -0.15) is 0 Å². The molecular weight excluding hydrogens is 454 g/mol. The summed E-state index contributed by atoms with van der Waals surface area (Å²) in [6.07, 6.45) is 3.10. The van der Waals surface area contributed by atoms with E-state index in [4.69, 9.17) is 18.9 Å². The van der Waals surface area contributed by atoms with Crippen molar-refractivity contribution in [3.05, 3.63) is 29.8 Å². The van der Waals surface area contributed by atoms with Gasteiger partial charge in [0.25, 0.3) is 0 Å². The molecule has 0 aliphatic carbocycles. The zero-order valence-electron chi connectivity index (χ0n) is 20.4. The molecule has 4 rings (SSSR count). The van der Waals surface area contributed by atoms with E-state index in [0.29, 0.717) is 35.6 Å². The van der Waals surface area contributed by atoms with Gasteiger partial charge in [-0.15, -0.1) is 0 Å². The number of fused-ring (bicyclic) bond motifs is 1. The van der Waals surface area contributed by atoms with Crippen LogP contribution in [-0.4, -0.2) is 89.7 Å². The number of hydrogen-bond donors (Lipinski definition) is 3. The first-order valence-corrected chi connectivity index (χ1v) is 12.5. The van der Waals surface area contributed by atoms with Crippen LogP contribution in [0.2, 0.25) is 0 Å². The molecule has 1 aromatic carbocycles. The molecular formula is C26H37NO8. The fraction of sp³-hybridized carbons (Fsp3) is 0.654. The maximum absolute atomic E-state index is 12.4. The first-order valence-electron chi connectivity index (χ1n) is 12.5. The van der Waals surface area contributed by atoms with E-state index in [9.17, 15) is 20.1 Å². The second-order valence-corrected chi connectivity index (χ2v) is 9.67. The van der Waals surface area contributed by atoms with E-state index in [1.807, 2.05) is 0 Å². The molecule has 3 N–H and O–H groups in total. The number of benzene rings is 1. The van der Waals surface area contributed by atoms with Gasteiger partial charge >= 0.3 is 5.97 Å². The van der Waals surface area contributed by atoms with Crippen molar-refractivity contribution < 1.29 is 39.1 Å². The number of piperidine rings is 2. The quantitative estimate of drug-likeness (QED) is 0.387. The Balaban J connectivity index is 1.33. The van der Waals surface area contributed by atoms with Crippen LogP contribution in [0.1, 0.15) is 44.6 Å². The van der Waals surface area contributed by atoms with E-state index in [-0.39, 0.29) is 5.97 Å². The van der Waals surface area contributed by atoms with Gasteiger partial charge in [-0.05, 0) is 69.5 Å². The summed E-state index contributed by atoms with van der Waals surface area (Å²) in [7, 11) is 1.47. The van der Waals surface area contributed by atoms with Gasteiger partial charge in [0.2, 0.25) is 6.29 Å². The molecule has 3 saturated heterocycles. The van der Waals surface area contributed by atoms with Crippen molar-refractivity contribution in [1.82, 2.24) is 4.90 Å². The van der Waals surface area contributed by atoms with Crippen LogP contribution in [0.15, 0.2) is 24.3 Å². The van der Waals surface area contributed by atoms with Crippen molar-refractivity contribution in [3.63, 3.8) is 0 Å². The maximum Gasteiger partial charge on any atom is 0.330 e. The van der Waals surface area contributed by atoms with Gasteiger partial charge in [0.1, 0.15) is 18.3 Å². The van der Waals surface area contributed by atoms with Gasteiger partial charge in [0.15, 0.2) is 11.5 Å². The maximum atomic E-state index is 12.4. The second kappa shape index (κ2) is 11.7. The Labute approximate surface area is 206 Å². The molecule has 7 atom stereocenters. The summed E-state index contributed by atoms with van der Waals surface area (Å²) >= 11 is 0. The molecule has 0 bridgehead atoms. The fourth-order valence-electron chi connectivity index (χ4n) is 5.29. The molecule has 3 fully saturated rings. The van der Waals surface area contributed by atoms with Gasteiger partial charge in [0, 0.05) is 18.0 Å². The van der Waals surface area contributed by atoms with E-state index in [2.05, 4.69) is 4.90 Å². The number of aliphatic hydroxyl groups is 3. The largest absolute Gasteiger partial charge is 0.493 e. The lowest BCUT2D eigenvalue weighted by Crippen LogP contribution is -2.58. The number of carbonyl (C=O) groups is 1. The van der Waals surface area contributed by atoms with E-state index in [0.717, 1.165) is 25.9 Å². The van der Waals surface area contributed by atoms with E-state index in [1.54, 1.807) is 31.2 Å². The van der Waals surface area contributed by atoms with E-state index in [1.165, 1.54) is 32.4 Å². The lowest BCUT2D eigenvalue weighted by Gasteiger charge is -2.44. The normalized spacial score (nSPS) is 33.8. The molecule has 3 aliphatic rings. The van der Waals surface area contributed by atoms with Crippen LogP contribution in [0.3, 0.4) is 0 Å². The Kier molecular flexibility index (Phi) is 8.67. The van der Waals surface area contributed by atoms with Crippen molar-refractivity contribution >= 4 is 12.0 Å². The highest BCUT2D eigenvalue weighted by Crippen LogP contribution is 2.33. The third kappa shape index (κ3) is 6.16. The average molecular weight is 492 g/mol. The summed E-state index contributed by atoms with van der Waals surface area (Å²) in [6.45, 7) is 4.34. The lowest BCUT2D eigenvalue weighted by atomic mass is 9.84. The second-order valence-electron chi connectivity index (χ2n) is 9.67. The Morgan fingerprint density at radius 2 is 1.89 bits per heavy atom. The Bertz CT molecular complexity index is 890. The standard InChI is InChI=1S/C26H37NO8/c1-16-23(29)24(30)25(31)26(34-16)35-20-10-8-17(14-21(20)32-2)9-11-22(28)33-15-18-6-5-13-27-12-4-3-7-19(18)27/h8-11,14,16,18-19,23-26,29-31H,3-7,12-13,15H2,1-2H3/b11-9+/t16-,18+,19+,23-,24+,25+,26-/m0/s1. The summed E-state index contributed by atoms with van der Waals surface area (Å²) in [5, 5.41) is 30.0. The smallest absolute Gasteiger partial charge is 0.330 e. The van der Waals surface area contributed by atoms with Crippen molar-refractivity contribution in [2.45, 2.75) is 75.8 Å². The number of aliphatic hydroxyl groups excluding tert-OH is 3. The zero-order chi connectivity index (χ0) is 24.9. The molecule has 0 saturated carbocycles. The molecule has 194 valence electrons. The van der Waals surface area contributed by atoms with Crippen LogP contribution in [0.5, 0.6) is 11.5 Å². The summed E-state index contributed by atoms with van der Waals surface area (Å²) < 4.78 is 22.2. The SMILES string of the molecule is COc1cc(/C=C/C(=O)OC[C@H]2CCCN3CCCC[C@H]23)ccc1O[C@@H]1O[C@@H](C)[C@H](O)[C@@H](O)[C@H]1O. The molecule has 1 aromatic rings. The third-order valence-corrected chi connectivity index (χ3v) is 7.32. The van der Waals surface area contributed by atoms with E-state index >= 15 is 0 Å². The van der Waals surface area contributed by atoms with Crippen molar-refractivity contribution in [2.24, 2.45) is 5.92 Å². The van der Waals surface area contributed by atoms with Crippen molar-refractivity contribution in [2.75, 3.05) is 26.8 Å². The molecule has 3 heterocycles. The molecule has 0 unspecified atom stereocenters. The van der Waals surface area contributed by atoms with Gasteiger partial charge in [0.05, 0.1) is 19.8 Å². The molecule has 9 nitrogen and oxygen atoms in total. The lowest BCUT2D eigenvalue weighted by molar-refractivity contribution is -0.268. The summed E-state index contributed by atoms with van der Waals surface area (Å²) in [5.74, 6) is 0.681. The van der Waals surface area contributed by atoms with Crippen LogP contribution in [0, 0.1) is 5.92 Å². The molecule has 0 radical (unpaired) electrons. The van der Waals surface area contributed by atoms with Gasteiger partial charge in [-0.1, -0.05) is 12.5 Å². The van der Waals surface area contributed by atoms with Gasteiger partial charge in [-0.25, -0.2) is 4.79 Å². The number of methoxy groups -OCH3 is 1. The van der Waals surface area contributed by atoms with Crippen LogP contribution in [0.4, 0.5) is 0 Å². The topological polar surface area (TPSA) is 118 Å². The predicted molar refractivity (Wildman–Crippen MR) is 128 cm³/mol. The fourth-order valence-corrected chi connectivity index (χ4v) is 5.29. The highest BCUT2D eigenvalue weighted by atomic mass is 16.7. The molecule has 9 heteroatoms. The first-order chi connectivity index (χ1) is 16.9. The molecule has 35 heavy (non-hydrogen) atoms. The summed E-state index contributed by atoms with van der Waals surface area (Å²) in [5.41, 5.74) is 0.705. The van der Waals surface area contributed by atoms with Crippen molar-refractivity contribution in [3.8, 4) is 11.5 Å². The third-order valence-electron chi connectivity index (χ3n) is 7.32. The molecule has 3 aliphatic heterocycles. The van der Waals surface area contributed by atoms with Gasteiger partial charge < -0.3 is 34.3 Å². The van der Waals surface area contributed by atoms with Crippen LogP contribution in [-0.2, 0) is 14.3 Å². The minimum absolute atomic E-state index is 0.293. The summed E-state index contributed by atoms with van der Waals surface area (Å²) in [4.78, 5) is 14.9. The first kappa shape index (κ1) is 25.9. The zero-order valence-corrected chi connectivity index (χ0v) is 20.4. The number of rotatable bonds is 7. The minimum atomic E-state index is -1.43. The van der Waals surface area contributed by atoms with Crippen molar-refractivity contribution in [1.29, 1.82) is 0 Å². The molecule has 0 aromatic heterocycles. The van der Waals surface area contributed by atoms with Gasteiger partial charge in [-0.3, -0.25) is 4.90 Å².